The Labute approximate surface area is 128 Å². The van der Waals surface area contributed by atoms with Crippen molar-refractivity contribution in [3.8, 4) is 0 Å². The molecule has 0 unspecified atom stereocenters. The molecule has 2 nitrogen and oxygen atoms in total. The van der Waals surface area contributed by atoms with Crippen molar-refractivity contribution in [2.75, 3.05) is 19.6 Å². The van der Waals surface area contributed by atoms with Gasteiger partial charge in [-0.3, -0.25) is 0 Å². The molecule has 0 atom stereocenters. The van der Waals surface area contributed by atoms with Crippen LogP contribution in [0.25, 0.3) is 0 Å². The topological polar surface area (TPSA) is 24.1 Å². The maximum absolute atomic E-state index is 3.54. The van der Waals surface area contributed by atoms with Gasteiger partial charge in [0.25, 0.3) is 0 Å². The monoisotopic (exact) mass is 284 g/mol. The molecule has 0 saturated heterocycles. The fourth-order valence-corrected chi connectivity index (χ4v) is 2.47. The van der Waals surface area contributed by atoms with Crippen LogP contribution in [0.5, 0.6) is 0 Å². The number of hydrogen-bond acceptors (Lipinski definition) is 2. The molecule has 2 N–H and O–H groups in total. The first-order valence-electron chi connectivity index (χ1n) is 9.21. The van der Waals surface area contributed by atoms with Crippen molar-refractivity contribution >= 4 is 0 Å². The summed E-state index contributed by atoms with van der Waals surface area (Å²) in [6.45, 7) is 10.2. The summed E-state index contributed by atoms with van der Waals surface area (Å²) >= 11 is 0. The van der Waals surface area contributed by atoms with Crippen molar-refractivity contribution in [1.29, 1.82) is 0 Å². The van der Waals surface area contributed by atoms with E-state index in [1.807, 2.05) is 0 Å². The molecule has 0 aliphatic carbocycles. The Morgan fingerprint density at radius 1 is 0.600 bits per heavy atom. The van der Waals surface area contributed by atoms with Gasteiger partial charge < -0.3 is 10.6 Å². The summed E-state index contributed by atoms with van der Waals surface area (Å²) in [4.78, 5) is 0. The van der Waals surface area contributed by atoms with Gasteiger partial charge in [-0.25, -0.2) is 0 Å². The highest BCUT2D eigenvalue weighted by molar-refractivity contribution is 4.55. The molecule has 0 rings (SSSR count). The first-order valence-corrected chi connectivity index (χ1v) is 9.21. The van der Waals surface area contributed by atoms with E-state index in [0.29, 0.717) is 6.04 Å². The summed E-state index contributed by atoms with van der Waals surface area (Å²) < 4.78 is 0. The number of nitrogens with one attached hydrogen (secondary N) is 2. The number of hydrogen-bond donors (Lipinski definition) is 2. The van der Waals surface area contributed by atoms with E-state index in [-0.39, 0.29) is 0 Å². The van der Waals surface area contributed by atoms with Crippen LogP contribution in [0.1, 0.15) is 91.4 Å². The summed E-state index contributed by atoms with van der Waals surface area (Å²) in [6, 6.07) is 0.622. The lowest BCUT2D eigenvalue weighted by Crippen LogP contribution is -2.27. The quantitative estimate of drug-likeness (QED) is 0.395. The minimum atomic E-state index is 0.622. The summed E-state index contributed by atoms with van der Waals surface area (Å²) in [5.74, 6) is 0. The van der Waals surface area contributed by atoms with Crippen LogP contribution < -0.4 is 10.6 Å². The van der Waals surface area contributed by atoms with Gasteiger partial charge >= 0.3 is 0 Å². The minimum absolute atomic E-state index is 0.622. The van der Waals surface area contributed by atoms with E-state index in [0.717, 1.165) is 13.1 Å². The van der Waals surface area contributed by atoms with Gasteiger partial charge in [-0.15, -0.1) is 0 Å². The van der Waals surface area contributed by atoms with E-state index in [2.05, 4.69) is 31.4 Å². The molecular formula is C18H40N2. The van der Waals surface area contributed by atoms with E-state index >= 15 is 0 Å². The van der Waals surface area contributed by atoms with Crippen LogP contribution in [-0.4, -0.2) is 25.7 Å². The van der Waals surface area contributed by atoms with Crippen molar-refractivity contribution in [2.24, 2.45) is 0 Å². The molecule has 0 spiro atoms. The average molecular weight is 285 g/mol. The summed E-state index contributed by atoms with van der Waals surface area (Å²) in [6.07, 6.45) is 15.5. The highest BCUT2D eigenvalue weighted by Gasteiger charge is 1.94. The molecule has 0 aliphatic rings. The third-order valence-corrected chi connectivity index (χ3v) is 3.79. The Bertz CT molecular complexity index is 169. The predicted molar refractivity (Wildman–Crippen MR) is 92.5 cm³/mol. The molecule has 0 aromatic carbocycles. The molecule has 0 aliphatic heterocycles. The van der Waals surface area contributed by atoms with Gasteiger partial charge in [0.1, 0.15) is 0 Å². The van der Waals surface area contributed by atoms with Gasteiger partial charge in [-0.1, -0.05) is 78.6 Å². The van der Waals surface area contributed by atoms with Crippen molar-refractivity contribution < 1.29 is 0 Å². The molecule has 20 heavy (non-hydrogen) atoms. The van der Waals surface area contributed by atoms with E-state index in [4.69, 9.17) is 0 Å². The van der Waals surface area contributed by atoms with Crippen molar-refractivity contribution in [3.05, 3.63) is 0 Å². The third-order valence-electron chi connectivity index (χ3n) is 3.79. The van der Waals surface area contributed by atoms with Crippen LogP contribution in [0.15, 0.2) is 0 Å². The zero-order valence-corrected chi connectivity index (χ0v) is 14.5. The molecule has 0 fully saturated rings. The molecule has 0 aromatic heterocycles. The first-order chi connectivity index (χ1) is 9.77. The van der Waals surface area contributed by atoms with Crippen molar-refractivity contribution in [2.45, 2.75) is 97.4 Å². The second-order valence-electron chi connectivity index (χ2n) is 6.39. The molecule has 0 amide bonds. The first kappa shape index (κ1) is 19.9. The second-order valence-corrected chi connectivity index (χ2v) is 6.39. The standard InChI is InChI=1S/C18H40N2/c1-4-5-6-7-8-9-10-11-12-13-15-19-16-14-17-20-18(2)3/h18-20H,4-17H2,1-3H3. The van der Waals surface area contributed by atoms with E-state index < -0.39 is 0 Å². The lowest BCUT2D eigenvalue weighted by Gasteiger charge is -2.08. The van der Waals surface area contributed by atoms with Crippen LogP contribution in [0.2, 0.25) is 0 Å². The van der Waals surface area contributed by atoms with Gasteiger partial charge in [0.2, 0.25) is 0 Å². The lowest BCUT2D eigenvalue weighted by molar-refractivity contribution is 0.525. The molecule has 0 saturated carbocycles. The summed E-state index contributed by atoms with van der Waals surface area (Å²) in [5.41, 5.74) is 0. The lowest BCUT2D eigenvalue weighted by atomic mass is 10.1. The van der Waals surface area contributed by atoms with E-state index in [1.165, 1.54) is 77.2 Å². The summed E-state index contributed by atoms with van der Waals surface area (Å²) in [7, 11) is 0. The fourth-order valence-electron chi connectivity index (χ4n) is 2.47. The maximum Gasteiger partial charge on any atom is 0.00103 e. The Kier molecular flexibility index (Phi) is 16.9. The van der Waals surface area contributed by atoms with Gasteiger partial charge in [0.05, 0.1) is 0 Å². The molecule has 0 heterocycles. The SMILES string of the molecule is CCCCCCCCCCCCNCCCNC(C)C. The third kappa shape index (κ3) is 17.9. The zero-order chi connectivity index (χ0) is 14.9. The number of unbranched alkanes of at least 4 members (excludes halogenated alkanes) is 9. The number of rotatable bonds is 16. The van der Waals surface area contributed by atoms with Gasteiger partial charge in [-0.2, -0.15) is 0 Å². The maximum atomic E-state index is 3.54. The average Bonchev–Trinajstić information content (AvgIpc) is 2.43. The van der Waals surface area contributed by atoms with E-state index in [9.17, 15) is 0 Å². The molecule has 122 valence electrons. The van der Waals surface area contributed by atoms with E-state index in [1.54, 1.807) is 0 Å². The van der Waals surface area contributed by atoms with Crippen LogP contribution in [0.4, 0.5) is 0 Å². The molecule has 0 radical (unpaired) electrons. The largest absolute Gasteiger partial charge is 0.317 e. The summed E-state index contributed by atoms with van der Waals surface area (Å²) in [5, 5.41) is 6.99. The molecule has 0 aromatic rings. The van der Waals surface area contributed by atoms with Gasteiger partial charge in [-0.05, 0) is 32.5 Å². The van der Waals surface area contributed by atoms with Gasteiger partial charge in [0, 0.05) is 6.04 Å². The molecule has 0 bridgehead atoms. The van der Waals surface area contributed by atoms with Gasteiger partial charge in [0.15, 0.2) is 0 Å². The molecular weight excluding hydrogens is 244 g/mol. The van der Waals surface area contributed by atoms with Crippen molar-refractivity contribution in [3.63, 3.8) is 0 Å². The van der Waals surface area contributed by atoms with Crippen molar-refractivity contribution in [1.82, 2.24) is 10.6 Å². The Hall–Kier alpha value is -0.0800. The van der Waals surface area contributed by atoms with Crippen LogP contribution in [0.3, 0.4) is 0 Å². The fraction of sp³-hybridized carbons (Fsp3) is 1.00. The highest BCUT2D eigenvalue weighted by Crippen LogP contribution is 2.10. The Morgan fingerprint density at radius 3 is 1.65 bits per heavy atom. The minimum Gasteiger partial charge on any atom is -0.317 e. The van der Waals surface area contributed by atoms with Crippen LogP contribution in [-0.2, 0) is 0 Å². The smallest absolute Gasteiger partial charge is 0.00103 e. The van der Waals surface area contributed by atoms with Crippen LogP contribution in [0, 0.1) is 0 Å². The Balaban J connectivity index is 2.92. The normalized spacial score (nSPS) is 11.4. The van der Waals surface area contributed by atoms with Crippen LogP contribution >= 0.6 is 0 Å². The Morgan fingerprint density at radius 2 is 1.10 bits per heavy atom. The molecule has 2 heteroatoms. The zero-order valence-electron chi connectivity index (χ0n) is 14.5. The second kappa shape index (κ2) is 17.0. The predicted octanol–water partition coefficient (Wildman–Crippen LogP) is 4.89. The highest BCUT2D eigenvalue weighted by atomic mass is 14.9.